The Morgan fingerprint density at radius 1 is 1.33 bits per heavy atom. The Morgan fingerprint density at radius 2 is 1.93 bits per heavy atom. The van der Waals surface area contributed by atoms with Crippen molar-refractivity contribution in [1.82, 2.24) is 9.88 Å². The summed E-state index contributed by atoms with van der Waals surface area (Å²) in [7, 11) is 4.21. The maximum absolute atomic E-state index is 5.67. The minimum absolute atomic E-state index is 0.437. The van der Waals surface area contributed by atoms with Crippen LogP contribution in [0.5, 0.6) is 0 Å². The van der Waals surface area contributed by atoms with Crippen molar-refractivity contribution >= 4 is 0 Å². The van der Waals surface area contributed by atoms with E-state index in [4.69, 9.17) is 5.73 Å². The monoisotopic (exact) mass is 207 g/mol. The number of pyridine rings is 1. The molecular formula is C12H21N3. The fourth-order valence-corrected chi connectivity index (χ4v) is 1.71. The number of hydrogen-bond acceptors (Lipinski definition) is 3. The molecule has 0 fully saturated rings. The van der Waals surface area contributed by atoms with Gasteiger partial charge in [-0.3, -0.25) is 4.98 Å². The van der Waals surface area contributed by atoms with Crippen LogP contribution < -0.4 is 5.73 Å². The van der Waals surface area contributed by atoms with Gasteiger partial charge in [-0.05, 0) is 50.7 Å². The van der Waals surface area contributed by atoms with Gasteiger partial charge in [0.2, 0.25) is 0 Å². The van der Waals surface area contributed by atoms with Crippen molar-refractivity contribution < 1.29 is 0 Å². The first-order chi connectivity index (χ1) is 7.15. The molecule has 2 atom stereocenters. The third-order valence-electron chi connectivity index (χ3n) is 2.74. The molecule has 0 aromatic carbocycles. The van der Waals surface area contributed by atoms with E-state index >= 15 is 0 Å². The highest BCUT2D eigenvalue weighted by molar-refractivity contribution is 5.15. The van der Waals surface area contributed by atoms with Crippen LogP contribution in [0.2, 0.25) is 0 Å². The summed E-state index contributed by atoms with van der Waals surface area (Å²) in [6.07, 6.45) is 4.78. The molecule has 0 spiro atoms. The summed E-state index contributed by atoms with van der Waals surface area (Å²) < 4.78 is 0. The lowest BCUT2D eigenvalue weighted by Gasteiger charge is -2.27. The van der Waals surface area contributed by atoms with Gasteiger partial charge in [0.1, 0.15) is 0 Å². The van der Waals surface area contributed by atoms with Crippen LogP contribution in [0.3, 0.4) is 0 Å². The molecule has 0 bridgehead atoms. The first kappa shape index (κ1) is 12.1. The van der Waals surface area contributed by atoms with Crippen LogP contribution in [-0.2, 0) is 0 Å². The maximum atomic E-state index is 5.67. The lowest BCUT2D eigenvalue weighted by molar-refractivity contribution is 0.255. The molecule has 0 amide bonds. The maximum Gasteiger partial charge on any atom is 0.0346 e. The number of rotatable bonds is 5. The normalized spacial score (nSPS) is 15.3. The summed E-state index contributed by atoms with van der Waals surface area (Å²) >= 11 is 0. The second kappa shape index (κ2) is 5.83. The average molecular weight is 207 g/mol. The van der Waals surface area contributed by atoms with Gasteiger partial charge in [-0.1, -0.05) is 6.92 Å². The quantitative estimate of drug-likeness (QED) is 0.798. The van der Waals surface area contributed by atoms with Crippen molar-refractivity contribution in [2.24, 2.45) is 11.7 Å². The molecule has 2 unspecified atom stereocenters. The van der Waals surface area contributed by atoms with Gasteiger partial charge in [-0.15, -0.1) is 0 Å². The predicted octanol–water partition coefficient (Wildman–Crippen LogP) is 1.67. The van der Waals surface area contributed by atoms with Gasteiger partial charge in [-0.25, -0.2) is 0 Å². The summed E-state index contributed by atoms with van der Waals surface area (Å²) in [5.74, 6) is 0.547. The Morgan fingerprint density at radius 3 is 2.40 bits per heavy atom. The second-order valence-corrected chi connectivity index (χ2v) is 4.34. The first-order valence-corrected chi connectivity index (χ1v) is 5.41. The third kappa shape index (κ3) is 3.61. The van der Waals surface area contributed by atoms with Crippen LogP contribution in [0.4, 0.5) is 0 Å². The van der Waals surface area contributed by atoms with Gasteiger partial charge in [0.25, 0.3) is 0 Å². The molecule has 0 aliphatic heterocycles. The molecule has 1 rings (SSSR count). The Labute approximate surface area is 92.3 Å². The topological polar surface area (TPSA) is 42.1 Å². The fraction of sp³-hybridized carbons (Fsp3) is 0.583. The minimum atomic E-state index is 0.437. The fourth-order valence-electron chi connectivity index (χ4n) is 1.71. The summed E-state index contributed by atoms with van der Waals surface area (Å²) in [5, 5.41) is 0. The van der Waals surface area contributed by atoms with Crippen molar-refractivity contribution in [3.63, 3.8) is 0 Å². The molecule has 0 aliphatic carbocycles. The van der Waals surface area contributed by atoms with E-state index in [0.29, 0.717) is 12.0 Å². The Kier molecular flexibility index (Phi) is 4.72. The van der Waals surface area contributed by atoms with Crippen LogP contribution in [0, 0.1) is 5.92 Å². The molecule has 3 nitrogen and oxygen atoms in total. The molecular weight excluding hydrogens is 186 g/mol. The van der Waals surface area contributed by atoms with Crippen molar-refractivity contribution in [3.05, 3.63) is 30.1 Å². The standard InChI is InChI=1S/C12H21N3/c1-10(9-13)8-12(15(2)3)11-4-6-14-7-5-11/h4-7,10,12H,8-9,13H2,1-3H3. The zero-order chi connectivity index (χ0) is 11.3. The highest BCUT2D eigenvalue weighted by Crippen LogP contribution is 2.24. The van der Waals surface area contributed by atoms with Gasteiger partial charge >= 0.3 is 0 Å². The van der Waals surface area contributed by atoms with Crippen molar-refractivity contribution in [2.45, 2.75) is 19.4 Å². The van der Waals surface area contributed by atoms with Crippen LogP contribution in [0.1, 0.15) is 24.9 Å². The highest BCUT2D eigenvalue weighted by atomic mass is 15.1. The van der Waals surface area contributed by atoms with Gasteiger partial charge in [0.15, 0.2) is 0 Å². The average Bonchev–Trinajstić information content (AvgIpc) is 2.26. The second-order valence-electron chi connectivity index (χ2n) is 4.34. The van der Waals surface area contributed by atoms with E-state index in [1.807, 2.05) is 12.4 Å². The van der Waals surface area contributed by atoms with Crippen LogP contribution in [0.25, 0.3) is 0 Å². The smallest absolute Gasteiger partial charge is 0.0346 e. The van der Waals surface area contributed by atoms with Crippen LogP contribution >= 0.6 is 0 Å². The highest BCUT2D eigenvalue weighted by Gasteiger charge is 2.16. The molecule has 84 valence electrons. The summed E-state index contributed by atoms with van der Waals surface area (Å²) in [5.41, 5.74) is 6.98. The Hall–Kier alpha value is -0.930. The van der Waals surface area contributed by atoms with E-state index in [-0.39, 0.29) is 0 Å². The number of hydrogen-bond donors (Lipinski definition) is 1. The predicted molar refractivity (Wildman–Crippen MR) is 63.5 cm³/mol. The molecule has 1 aromatic rings. The van der Waals surface area contributed by atoms with E-state index < -0.39 is 0 Å². The summed E-state index contributed by atoms with van der Waals surface area (Å²) in [4.78, 5) is 6.28. The molecule has 0 saturated heterocycles. The van der Waals surface area contributed by atoms with Crippen molar-refractivity contribution in [3.8, 4) is 0 Å². The first-order valence-electron chi connectivity index (χ1n) is 5.41. The van der Waals surface area contributed by atoms with E-state index in [2.05, 4.69) is 43.0 Å². The zero-order valence-electron chi connectivity index (χ0n) is 9.85. The van der Waals surface area contributed by atoms with E-state index in [1.54, 1.807) is 0 Å². The molecule has 0 saturated carbocycles. The molecule has 2 N–H and O–H groups in total. The molecule has 15 heavy (non-hydrogen) atoms. The lowest BCUT2D eigenvalue weighted by Crippen LogP contribution is -2.24. The van der Waals surface area contributed by atoms with Crippen molar-refractivity contribution in [1.29, 1.82) is 0 Å². The Bertz CT molecular complexity index is 271. The van der Waals surface area contributed by atoms with Gasteiger partial charge in [0, 0.05) is 18.4 Å². The largest absolute Gasteiger partial charge is 0.330 e. The SMILES string of the molecule is CC(CN)CC(c1ccncc1)N(C)C. The molecule has 1 aromatic heterocycles. The number of aromatic nitrogens is 1. The van der Waals surface area contributed by atoms with Crippen molar-refractivity contribution in [2.75, 3.05) is 20.6 Å². The van der Waals surface area contributed by atoms with Gasteiger partial charge in [0.05, 0.1) is 0 Å². The Balaban J connectivity index is 2.75. The van der Waals surface area contributed by atoms with E-state index in [0.717, 1.165) is 13.0 Å². The third-order valence-corrected chi connectivity index (χ3v) is 2.74. The zero-order valence-corrected chi connectivity index (χ0v) is 9.85. The van der Waals surface area contributed by atoms with Crippen LogP contribution in [-0.4, -0.2) is 30.5 Å². The lowest BCUT2D eigenvalue weighted by atomic mass is 9.96. The van der Waals surface area contributed by atoms with Crippen LogP contribution in [0.15, 0.2) is 24.5 Å². The number of nitrogens with zero attached hydrogens (tertiary/aromatic N) is 2. The summed E-state index contributed by atoms with van der Waals surface area (Å²) in [6, 6.07) is 4.59. The molecule has 0 radical (unpaired) electrons. The van der Waals surface area contributed by atoms with E-state index in [1.165, 1.54) is 5.56 Å². The number of nitrogens with two attached hydrogens (primary N) is 1. The van der Waals surface area contributed by atoms with Gasteiger partial charge in [-0.2, -0.15) is 0 Å². The molecule has 0 aliphatic rings. The summed E-state index contributed by atoms with van der Waals surface area (Å²) in [6.45, 7) is 2.94. The molecule has 3 heteroatoms. The van der Waals surface area contributed by atoms with Gasteiger partial charge < -0.3 is 10.6 Å². The molecule has 1 heterocycles. The van der Waals surface area contributed by atoms with E-state index in [9.17, 15) is 0 Å². The minimum Gasteiger partial charge on any atom is -0.330 e.